The maximum absolute atomic E-state index is 12.4. The molecule has 32 heavy (non-hydrogen) atoms. The van der Waals surface area contributed by atoms with Crippen LogP contribution in [0.15, 0.2) is 47.6 Å². The molecule has 1 N–H and O–H groups in total. The van der Waals surface area contributed by atoms with Crippen LogP contribution in [0.3, 0.4) is 0 Å². The zero-order valence-corrected chi connectivity index (χ0v) is 18.0. The van der Waals surface area contributed by atoms with Crippen molar-refractivity contribution in [3.8, 4) is 11.5 Å². The maximum atomic E-state index is 12.4. The monoisotopic (exact) mass is 467 g/mol. The van der Waals surface area contributed by atoms with Gasteiger partial charge in [0.1, 0.15) is 0 Å². The van der Waals surface area contributed by atoms with Gasteiger partial charge >= 0.3 is 17.3 Å². The summed E-state index contributed by atoms with van der Waals surface area (Å²) in [7, 11) is 1.55. The molecule has 0 aliphatic carbocycles. The molecule has 1 aliphatic rings. The third-order valence-electron chi connectivity index (χ3n) is 4.38. The van der Waals surface area contributed by atoms with E-state index < -0.39 is 12.1 Å². The number of alkyl halides is 3. The molecule has 2 aromatic rings. The van der Waals surface area contributed by atoms with E-state index in [2.05, 4.69) is 5.10 Å². The van der Waals surface area contributed by atoms with E-state index in [1.54, 1.807) is 24.6 Å². The van der Waals surface area contributed by atoms with Crippen molar-refractivity contribution in [3.63, 3.8) is 0 Å². The van der Waals surface area contributed by atoms with Gasteiger partial charge in [-0.3, -0.25) is 9.59 Å². The van der Waals surface area contributed by atoms with E-state index in [0.29, 0.717) is 35.1 Å². The van der Waals surface area contributed by atoms with Crippen molar-refractivity contribution in [1.82, 2.24) is 5.01 Å². The minimum Gasteiger partial charge on any atom is -0.493 e. The lowest BCUT2D eigenvalue weighted by Crippen LogP contribution is -2.30. The molecule has 0 atom stereocenters. The second kappa shape index (κ2) is 9.94. The molecule has 2 aromatic carbocycles. The normalized spacial score (nSPS) is 14.1. The fourth-order valence-corrected chi connectivity index (χ4v) is 3.59. The number of nitrogens with zero attached hydrogens (tertiary/aromatic N) is 2. The highest BCUT2D eigenvalue weighted by molar-refractivity contribution is 8.14. The summed E-state index contributed by atoms with van der Waals surface area (Å²) in [6.45, 7) is 2.45. The molecule has 1 aliphatic heterocycles. The molecule has 7 nitrogen and oxygen atoms in total. The van der Waals surface area contributed by atoms with E-state index in [4.69, 9.17) is 9.47 Å². The lowest BCUT2D eigenvalue weighted by Gasteiger charge is -2.23. The Bertz CT molecular complexity index is 1030. The minimum atomic E-state index is -4.97. The van der Waals surface area contributed by atoms with Gasteiger partial charge in [-0.1, -0.05) is 23.9 Å². The van der Waals surface area contributed by atoms with Gasteiger partial charge in [-0.15, -0.1) is 0 Å². The van der Waals surface area contributed by atoms with Crippen molar-refractivity contribution in [1.29, 1.82) is 0 Å². The fraction of sp³-hybridized carbons (Fsp3) is 0.286. The number of ether oxygens (including phenoxy) is 2. The average molecular weight is 467 g/mol. The van der Waals surface area contributed by atoms with Crippen LogP contribution in [-0.4, -0.2) is 47.5 Å². The van der Waals surface area contributed by atoms with E-state index in [0.717, 1.165) is 17.3 Å². The second-order valence-corrected chi connectivity index (χ2v) is 7.53. The molecule has 1 heterocycles. The number of thioether (sulfide) groups is 1. The number of hydrogen-bond donors (Lipinski definition) is 1. The van der Waals surface area contributed by atoms with Crippen LogP contribution in [0, 0.1) is 0 Å². The highest BCUT2D eigenvalue weighted by Gasteiger charge is 2.38. The molecule has 2 amide bonds. The first-order valence-corrected chi connectivity index (χ1v) is 10.5. The van der Waals surface area contributed by atoms with Crippen molar-refractivity contribution >= 4 is 34.3 Å². The molecule has 0 fully saturated rings. The molecular weight excluding hydrogens is 447 g/mol. The highest BCUT2D eigenvalue weighted by atomic mass is 32.2. The van der Waals surface area contributed by atoms with Gasteiger partial charge in [0.05, 0.1) is 26.0 Å². The van der Waals surface area contributed by atoms with Gasteiger partial charge in [-0.25, -0.2) is 5.01 Å². The Morgan fingerprint density at radius 1 is 1.19 bits per heavy atom. The fourth-order valence-electron chi connectivity index (χ4n) is 2.85. The molecule has 0 saturated heterocycles. The number of amides is 2. The number of methoxy groups -OCH3 is 1. The zero-order chi connectivity index (χ0) is 23.3. The number of carbonyl (C=O) groups is 2. The first kappa shape index (κ1) is 23.5. The summed E-state index contributed by atoms with van der Waals surface area (Å²) in [5.41, 5.74) is 2.09. The molecule has 3 rings (SSSR count). The van der Waals surface area contributed by atoms with Gasteiger partial charge in [-0.2, -0.15) is 18.3 Å². The van der Waals surface area contributed by atoms with Crippen LogP contribution >= 0.6 is 11.8 Å². The maximum Gasteiger partial charge on any atom is 0.471 e. The number of rotatable bonds is 7. The van der Waals surface area contributed by atoms with Crippen LogP contribution in [0.4, 0.5) is 23.7 Å². The van der Waals surface area contributed by atoms with Crippen LogP contribution in [0.5, 0.6) is 11.5 Å². The lowest BCUT2D eigenvalue weighted by atomic mass is 10.1. The summed E-state index contributed by atoms with van der Waals surface area (Å²) in [6, 6.07) is 11.1. The lowest BCUT2D eigenvalue weighted by molar-refractivity contribution is -0.167. The van der Waals surface area contributed by atoms with E-state index in [9.17, 15) is 22.8 Å². The molecule has 0 aromatic heterocycles. The minimum absolute atomic E-state index is 0.00120. The number of hydrogen-bond acceptors (Lipinski definition) is 6. The number of carbonyl (C=O) groups excluding carboxylic acids is 2. The molecule has 0 saturated carbocycles. The smallest absolute Gasteiger partial charge is 0.471 e. The number of benzene rings is 2. The number of hydrazone groups is 1. The number of halogens is 3. The molecule has 0 spiro atoms. The molecule has 0 unspecified atom stereocenters. The van der Waals surface area contributed by atoms with Crippen LogP contribution in [0.2, 0.25) is 0 Å². The van der Waals surface area contributed by atoms with E-state index in [-0.39, 0.29) is 17.5 Å². The van der Waals surface area contributed by atoms with Crippen LogP contribution in [0.25, 0.3) is 0 Å². The van der Waals surface area contributed by atoms with Crippen LogP contribution < -0.4 is 14.8 Å². The van der Waals surface area contributed by atoms with Gasteiger partial charge in [0.2, 0.25) is 0 Å². The Labute approximate surface area is 186 Å². The van der Waals surface area contributed by atoms with Crippen molar-refractivity contribution in [3.05, 3.63) is 53.6 Å². The first-order chi connectivity index (χ1) is 15.2. The van der Waals surface area contributed by atoms with E-state index in [1.807, 2.05) is 13.0 Å². The Morgan fingerprint density at radius 2 is 1.91 bits per heavy atom. The highest BCUT2D eigenvalue weighted by Crippen LogP contribution is 2.30. The number of nitrogens with one attached hydrogen (secondary N) is 1. The molecular formula is C21H20F3N3O4S. The van der Waals surface area contributed by atoms with E-state index in [1.165, 1.54) is 29.3 Å². The van der Waals surface area contributed by atoms with Crippen molar-refractivity contribution in [2.24, 2.45) is 5.10 Å². The van der Waals surface area contributed by atoms with Gasteiger partial charge in [0.15, 0.2) is 11.5 Å². The summed E-state index contributed by atoms with van der Waals surface area (Å²) < 4.78 is 48.0. The summed E-state index contributed by atoms with van der Waals surface area (Å²) in [5.74, 6) is -0.506. The van der Waals surface area contributed by atoms with Gasteiger partial charge in [0, 0.05) is 17.0 Å². The predicted octanol–water partition coefficient (Wildman–Crippen LogP) is 4.67. The predicted molar refractivity (Wildman–Crippen MR) is 115 cm³/mol. The van der Waals surface area contributed by atoms with Crippen molar-refractivity contribution < 1.29 is 32.2 Å². The Balaban J connectivity index is 1.75. The van der Waals surface area contributed by atoms with Crippen molar-refractivity contribution in [2.75, 3.05) is 24.8 Å². The van der Waals surface area contributed by atoms with E-state index >= 15 is 0 Å². The summed E-state index contributed by atoms with van der Waals surface area (Å²) in [6.07, 6.45) is -4.97. The van der Waals surface area contributed by atoms with Gasteiger partial charge in [-0.05, 0) is 42.8 Å². The van der Waals surface area contributed by atoms with Crippen LogP contribution in [0.1, 0.15) is 18.1 Å². The number of anilines is 1. The van der Waals surface area contributed by atoms with Crippen molar-refractivity contribution in [2.45, 2.75) is 19.6 Å². The molecule has 0 bridgehead atoms. The summed E-state index contributed by atoms with van der Waals surface area (Å²) >= 11 is 1.09. The Hall–Kier alpha value is -3.21. The third kappa shape index (κ3) is 5.72. The third-order valence-corrected chi connectivity index (χ3v) is 5.26. The second-order valence-electron chi connectivity index (χ2n) is 6.61. The SMILES string of the molecule is CCOc1cc(C2=NN(Cc3ccc(NC(=O)C(F)(F)F)cc3)C(=O)SC2)ccc1OC. The zero-order valence-electron chi connectivity index (χ0n) is 17.2. The van der Waals surface area contributed by atoms with Gasteiger partial charge in [0.25, 0.3) is 0 Å². The van der Waals surface area contributed by atoms with Gasteiger partial charge < -0.3 is 14.8 Å². The summed E-state index contributed by atoms with van der Waals surface area (Å²) in [5, 5.41) is 7.27. The topological polar surface area (TPSA) is 80.2 Å². The molecule has 11 heteroatoms. The summed E-state index contributed by atoms with van der Waals surface area (Å²) in [4.78, 5) is 23.4. The molecule has 0 radical (unpaired) electrons. The largest absolute Gasteiger partial charge is 0.493 e. The Morgan fingerprint density at radius 3 is 2.53 bits per heavy atom. The average Bonchev–Trinajstić information content (AvgIpc) is 2.76. The Kier molecular flexibility index (Phi) is 7.29. The molecule has 170 valence electrons. The quantitative estimate of drug-likeness (QED) is 0.640. The standard InChI is InChI=1S/C21H20F3N3O4S/c1-3-31-18-10-14(6-9-17(18)30-2)16-12-32-20(29)27(26-16)11-13-4-7-15(8-5-13)25-19(28)21(22,23)24/h4-10H,3,11-12H2,1-2H3,(H,25,28). The first-order valence-electron chi connectivity index (χ1n) is 9.51. The van der Waals surface area contributed by atoms with Crippen LogP contribution in [-0.2, 0) is 11.3 Å².